The molecule has 0 spiro atoms. The Balaban J connectivity index is 1.57. The van der Waals surface area contributed by atoms with Gasteiger partial charge in [0.15, 0.2) is 0 Å². The normalized spacial score (nSPS) is 31.2. The Labute approximate surface area is 205 Å². The van der Waals surface area contributed by atoms with E-state index < -0.39 is 0 Å². The number of fused-ring (bicyclic) bond motifs is 3. The number of piperidine rings is 1. The SMILES string of the molecule is CCOCCN=C(NC(=O)C1SNNC1C)NC1=CC(c2ccc(F)cc2)N2CCC1CC2C. The van der Waals surface area contributed by atoms with Gasteiger partial charge in [0.25, 0.3) is 0 Å². The van der Waals surface area contributed by atoms with Gasteiger partial charge in [-0.2, -0.15) is 0 Å². The average Bonchev–Trinajstić information content (AvgIpc) is 3.12. The van der Waals surface area contributed by atoms with Gasteiger partial charge in [-0.15, -0.1) is 0 Å². The molecule has 4 aliphatic rings. The molecule has 5 rings (SSSR count). The van der Waals surface area contributed by atoms with Crippen molar-refractivity contribution in [1.82, 2.24) is 25.8 Å². The summed E-state index contributed by atoms with van der Waals surface area (Å²) in [4.78, 5) is 23.0. The number of guanidine groups is 1. The smallest absolute Gasteiger partial charge is 0.242 e. The lowest BCUT2D eigenvalue weighted by molar-refractivity contribution is -0.119. The number of allylic oxidation sites excluding steroid dienone is 1. The van der Waals surface area contributed by atoms with Crippen molar-refractivity contribution in [1.29, 1.82) is 0 Å². The fourth-order valence-electron chi connectivity index (χ4n) is 4.83. The maximum absolute atomic E-state index is 13.6. The molecule has 4 N–H and O–H groups in total. The van der Waals surface area contributed by atoms with Gasteiger partial charge in [-0.25, -0.2) is 14.6 Å². The summed E-state index contributed by atoms with van der Waals surface area (Å²) in [7, 11) is 0. The second kappa shape index (κ2) is 11.6. The minimum Gasteiger partial charge on any atom is -0.380 e. The van der Waals surface area contributed by atoms with Crippen molar-refractivity contribution >= 4 is 23.8 Å². The quantitative estimate of drug-likeness (QED) is 0.202. The first-order valence-electron chi connectivity index (χ1n) is 12.1. The van der Waals surface area contributed by atoms with E-state index in [1.807, 2.05) is 26.0 Å². The fourth-order valence-corrected chi connectivity index (χ4v) is 5.65. The van der Waals surface area contributed by atoms with Crippen molar-refractivity contribution in [2.75, 3.05) is 26.3 Å². The summed E-state index contributed by atoms with van der Waals surface area (Å²) in [6, 6.07) is 7.17. The second-order valence-corrected chi connectivity index (χ2v) is 9.99. The zero-order chi connectivity index (χ0) is 24.1. The maximum atomic E-state index is 13.6. The number of hydrogen-bond acceptors (Lipinski definition) is 7. The molecule has 0 radical (unpaired) electrons. The van der Waals surface area contributed by atoms with Crippen molar-refractivity contribution in [3.05, 3.63) is 47.4 Å². The second-order valence-electron chi connectivity index (χ2n) is 9.04. The third kappa shape index (κ3) is 5.98. The number of halogens is 1. The first kappa shape index (κ1) is 25.1. The molecule has 2 bridgehead atoms. The summed E-state index contributed by atoms with van der Waals surface area (Å²) in [5.41, 5.74) is 5.17. The fraction of sp³-hybridized carbons (Fsp3) is 0.583. The highest BCUT2D eigenvalue weighted by Gasteiger charge is 2.37. The minimum absolute atomic E-state index is 0.00105. The van der Waals surface area contributed by atoms with Crippen LogP contribution in [0.15, 0.2) is 41.0 Å². The van der Waals surface area contributed by atoms with Crippen molar-refractivity contribution in [2.24, 2.45) is 10.9 Å². The molecular weight excluding hydrogens is 455 g/mol. The molecule has 6 atom stereocenters. The molecule has 4 aliphatic heterocycles. The van der Waals surface area contributed by atoms with Gasteiger partial charge in [-0.3, -0.25) is 20.0 Å². The maximum Gasteiger partial charge on any atom is 0.242 e. The molecule has 1 aromatic carbocycles. The Morgan fingerprint density at radius 3 is 2.79 bits per heavy atom. The van der Waals surface area contributed by atoms with Crippen LogP contribution in [0, 0.1) is 11.7 Å². The van der Waals surface area contributed by atoms with Crippen LogP contribution in [0.1, 0.15) is 45.2 Å². The van der Waals surface area contributed by atoms with Crippen molar-refractivity contribution in [3.63, 3.8) is 0 Å². The lowest BCUT2D eigenvalue weighted by Crippen LogP contribution is -2.48. The monoisotopic (exact) mass is 490 g/mol. The predicted molar refractivity (Wildman–Crippen MR) is 133 cm³/mol. The van der Waals surface area contributed by atoms with Crippen LogP contribution >= 0.6 is 11.9 Å². The Morgan fingerprint density at radius 1 is 1.32 bits per heavy atom. The van der Waals surface area contributed by atoms with Crippen LogP contribution in [-0.2, 0) is 9.53 Å². The summed E-state index contributed by atoms with van der Waals surface area (Å²) < 4.78 is 19.0. The Hall–Kier alpha value is -1.98. The molecule has 2 fully saturated rings. The van der Waals surface area contributed by atoms with Gasteiger partial charge >= 0.3 is 0 Å². The summed E-state index contributed by atoms with van der Waals surface area (Å²) in [6.07, 6.45) is 4.25. The standard InChI is InChI=1S/C24H35FN6O2S/c1-4-33-12-10-26-24(28-23(32)22-16(3)29-30-34-22)27-20-14-21(17-5-7-19(25)8-6-17)31-11-9-18(20)13-15(31)2/h5-8,14-16,18,21-22,29-30H,4,9-13H2,1-3H3,(H2,26,27,28,32). The Kier molecular flexibility index (Phi) is 8.60. The molecule has 34 heavy (non-hydrogen) atoms. The number of hydrogen-bond donors (Lipinski definition) is 4. The van der Waals surface area contributed by atoms with Gasteiger partial charge < -0.3 is 10.1 Å². The van der Waals surface area contributed by atoms with Crippen molar-refractivity contribution < 1.29 is 13.9 Å². The topological polar surface area (TPSA) is 90.0 Å². The number of amides is 1. The van der Waals surface area contributed by atoms with Gasteiger partial charge in [-0.05, 0) is 63.9 Å². The van der Waals surface area contributed by atoms with Crippen LogP contribution in [0.4, 0.5) is 4.39 Å². The summed E-state index contributed by atoms with van der Waals surface area (Å²) in [5.74, 6) is 0.445. The average molecular weight is 491 g/mol. The lowest BCUT2D eigenvalue weighted by Gasteiger charge is -2.38. The molecule has 186 valence electrons. The third-order valence-corrected chi connectivity index (χ3v) is 7.78. The van der Waals surface area contributed by atoms with E-state index in [0.717, 1.165) is 30.6 Å². The number of carbonyl (C=O) groups is 1. The Morgan fingerprint density at radius 2 is 2.12 bits per heavy atom. The molecule has 6 unspecified atom stereocenters. The molecular formula is C24H35FN6O2S. The molecule has 0 aromatic heterocycles. The number of carbonyl (C=O) groups excluding carboxylic acids is 1. The Bertz CT molecular complexity index is 911. The first-order valence-corrected chi connectivity index (χ1v) is 12.9. The van der Waals surface area contributed by atoms with Crippen LogP contribution in [-0.4, -0.2) is 60.4 Å². The highest BCUT2D eigenvalue weighted by atomic mass is 32.2. The highest BCUT2D eigenvalue weighted by molar-refractivity contribution is 7.99. The number of rotatable bonds is 7. The van der Waals surface area contributed by atoms with Crippen molar-refractivity contribution in [3.8, 4) is 0 Å². The van der Waals surface area contributed by atoms with E-state index in [1.54, 1.807) is 0 Å². The van der Waals surface area contributed by atoms with E-state index in [4.69, 9.17) is 4.74 Å². The van der Waals surface area contributed by atoms with E-state index in [9.17, 15) is 9.18 Å². The number of ether oxygens (including phenoxy) is 1. The predicted octanol–water partition coefficient (Wildman–Crippen LogP) is 2.48. The molecule has 8 nitrogen and oxygen atoms in total. The van der Waals surface area contributed by atoms with E-state index in [2.05, 4.69) is 43.8 Å². The number of nitrogens with zero attached hydrogens (tertiary/aromatic N) is 2. The summed E-state index contributed by atoms with van der Waals surface area (Å²) in [6.45, 7) is 8.68. The van der Waals surface area contributed by atoms with E-state index >= 15 is 0 Å². The van der Waals surface area contributed by atoms with Gasteiger partial charge in [0.2, 0.25) is 11.9 Å². The van der Waals surface area contributed by atoms with E-state index in [1.165, 1.54) is 24.1 Å². The first-order chi connectivity index (χ1) is 16.5. The van der Waals surface area contributed by atoms with Crippen LogP contribution in [0.5, 0.6) is 0 Å². The molecule has 1 aromatic rings. The van der Waals surface area contributed by atoms with Gasteiger partial charge in [0.05, 0.1) is 19.2 Å². The summed E-state index contributed by atoms with van der Waals surface area (Å²) >= 11 is 1.36. The number of benzene rings is 1. The number of hydrazine groups is 1. The van der Waals surface area contributed by atoms with E-state index in [0.29, 0.717) is 37.7 Å². The number of aliphatic imine (C=N–C) groups is 1. The van der Waals surface area contributed by atoms with Gasteiger partial charge in [0, 0.05) is 30.3 Å². The number of nitrogens with one attached hydrogen (secondary N) is 4. The van der Waals surface area contributed by atoms with Gasteiger partial charge in [0.1, 0.15) is 11.1 Å². The van der Waals surface area contributed by atoms with Crippen LogP contribution in [0.3, 0.4) is 0 Å². The largest absolute Gasteiger partial charge is 0.380 e. The molecule has 1 amide bonds. The molecule has 2 saturated heterocycles. The van der Waals surface area contributed by atoms with Crippen LogP contribution in [0.25, 0.3) is 0 Å². The molecule has 4 heterocycles. The third-order valence-electron chi connectivity index (χ3n) is 6.67. The molecule has 10 heteroatoms. The van der Waals surface area contributed by atoms with Gasteiger partial charge in [-0.1, -0.05) is 24.1 Å². The summed E-state index contributed by atoms with van der Waals surface area (Å²) in [5, 5.41) is 6.21. The van der Waals surface area contributed by atoms with Crippen LogP contribution < -0.4 is 20.9 Å². The zero-order valence-electron chi connectivity index (χ0n) is 20.0. The van der Waals surface area contributed by atoms with E-state index in [-0.39, 0.29) is 29.1 Å². The highest BCUT2D eigenvalue weighted by Crippen LogP contribution is 2.39. The zero-order valence-corrected chi connectivity index (χ0v) is 20.8. The minimum atomic E-state index is -0.268. The molecule has 0 saturated carbocycles. The lowest BCUT2D eigenvalue weighted by atomic mass is 9.91. The molecule has 0 aliphatic carbocycles. The van der Waals surface area contributed by atoms with Crippen LogP contribution in [0.2, 0.25) is 0 Å². The van der Waals surface area contributed by atoms with Crippen molar-refractivity contribution in [2.45, 2.75) is 57.0 Å².